The highest BCUT2D eigenvalue weighted by atomic mass is 127. The second-order valence-corrected chi connectivity index (χ2v) is 9.75. The Morgan fingerprint density at radius 1 is 1.18 bits per heavy atom. The zero-order valence-corrected chi connectivity index (χ0v) is 22.2. The molecule has 0 aliphatic rings. The fourth-order valence-corrected chi connectivity index (χ4v) is 5.38. The maximum Gasteiger partial charge on any atom is 0.339 e. The van der Waals surface area contributed by atoms with E-state index in [1.807, 2.05) is 34.8 Å². The van der Waals surface area contributed by atoms with Crippen LogP contribution in [0.3, 0.4) is 0 Å². The number of benzene rings is 2. The fourth-order valence-electron chi connectivity index (χ4n) is 3.38. The Morgan fingerprint density at radius 3 is 2.61 bits per heavy atom. The summed E-state index contributed by atoms with van der Waals surface area (Å²) < 4.78 is 12.8. The molecule has 0 fully saturated rings. The van der Waals surface area contributed by atoms with E-state index >= 15 is 0 Å². The van der Waals surface area contributed by atoms with Crippen molar-refractivity contribution >= 4 is 74.2 Å². The summed E-state index contributed by atoms with van der Waals surface area (Å²) in [6.45, 7) is 0.209. The lowest BCUT2D eigenvalue weighted by Gasteiger charge is -2.10. The predicted molar refractivity (Wildman–Crippen MR) is 142 cm³/mol. The van der Waals surface area contributed by atoms with Gasteiger partial charge in [0.15, 0.2) is 0 Å². The van der Waals surface area contributed by atoms with Crippen LogP contribution in [0.4, 0.5) is 5.69 Å². The van der Waals surface area contributed by atoms with Crippen LogP contribution in [-0.2, 0) is 11.3 Å². The summed E-state index contributed by atoms with van der Waals surface area (Å²) in [7, 11) is 3.12. The van der Waals surface area contributed by atoms with Crippen molar-refractivity contribution in [2.24, 2.45) is 0 Å². The van der Waals surface area contributed by atoms with Gasteiger partial charge in [0.2, 0.25) is 0 Å². The van der Waals surface area contributed by atoms with Crippen molar-refractivity contribution in [3.05, 3.63) is 70.0 Å². The smallest absolute Gasteiger partial charge is 0.339 e. The number of methoxy groups -OCH3 is 1. The lowest BCUT2D eigenvalue weighted by molar-refractivity contribution is 0.0602. The third-order valence-electron chi connectivity index (χ3n) is 5.03. The minimum Gasteiger partial charge on any atom is -0.489 e. The van der Waals surface area contributed by atoms with Crippen LogP contribution in [0.1, 0.15) is 15.9 Å². The van der Waals surface area contributed by atoms with Gasteiger partial charge in [0.05, 0.1) is 34.6 Å². The normalized spacial score (nSPS) is 11.3. The third-order valence-corrected chi connectivity index (χ3v) is 7.56. The Morgan fingerprint density at radius 2 is 1.94 bits per heavy atom. The first-order valence-corrected chi connectivity index (χ1v) is 14.5. The molecule has 0 radical (unpaired) electrons. The summed E-state index contributed by atoms with van der Waals surface area (Å²) in [5.41, 5.74) is 4.42. The monoisotopic (exact) mass is 614 g/mol. The number of carbonyl (C=O) groups excluding carboxylic acids is 1. The Balaban J connectivity index is 1.74. The number of carbonyl (C=O) groups is 1. The molecule has 2 aromatic carbocycles. The number of halogens is 3. The Kier molecular flexibility index (Phi) is 7.58. The topological polar surface area (TPSA) is 78.3 Å². The first kappa shape index (κ1) is 24.0. The second-order valence-electron chi connectivity index (χ2n) is 6.90. The maximum absolute atomic E-state index is 12.1. The second kappa shape index (κ2) is 10.4. The lowest BCUT2D eigenvalue weighted by Crippen LogP contribution is -2.05. The van der Waals surface area contributed by atoms with Gasteiger partial charge in [-0.1, -0.05) is 29.3 Å². The summed E-state index contributed by atoms with van der Waals surface area (Å²) in [4.78, 5) is 16.0. The van der Waals surface area contributed by atoms with E-state index < -0.39 is 5.97 Å². The molecule has 1 unspecified atom stereocenters. The zero-order valence-electron chi connectivity index (χ0n) is 17.5. The van der Waals surface area contributed by atoms with Gasteiger partial charge in [-0.25, -0.2) is 9.25 Å². The van der Waals surface area contributed by atoms with Gasteiger partial charge in [-0.3, -0.25) is 4.98 Å². The molecule has 7 nitrogen and oxygen atoms in total. The quantitative estimate of drug-likeness (QED) is 0.143. The molecule has 0 aliphatic carbocycles. The van der Waals surface area contributed by atoms with Crippen molar-refractivity contribution in [3.63, 3.8) is 0 Å². The molecule has 4 rings (SSSR count). The van der Waals surface area contributed by atoms with Crippen LogP contribution in [0.2, 0.25) is 10.0 Å². The molecule has 0 aliphatic heterocycles. The highest BCUT2D eigenvalue weighted by Crippen LogP contribution is 2.38. The summed E-state index contributed by atoms with van der Waals surface area (Å²) in [6.07, 6.45) is 3.49. The number of fused-ring (bicyclic) bond motifs is 1. The molecule has 2 heterocycles. The Labute approximate surface area is 215 Å². The number of nitrogens with one attached hydrogen (secondary N) is 1. The van der Waals surface area contributed by atoms with E-state index in [1.165, 1.54) is 19.5 Å². The molecular weight excluding hydrogens is 597 g/mol. The molecule has 0 spiro atoms. The number of ether oxygens (including phenoxy) is 2. The van der Waals surface area contributed by atoms with Crippen molar-refractivity contribution in [1.29, 1.82) is 0 Å². The number of nitrogens with zero attached hydrogens (tertiary/aromatic N) is 3. The number of esters is 1. The molecule has 11 heteroatoms. The van der Waals surface area contributed by atoms with Gasteiger partial charge in [0.1, 0.15) is 18.1 Å². The average molecular weight is 615 g/mol. The van der Waals surface area contributed by atoms with Crippen LogP contribution >= 0.6 is 51.6 Å². The van der Waals surface area contributed by atoms with Crippen molar-refractivity contribution in [2.45, 2.75) is 6.61 Å². The SMILES string of the molecule is CNc1cc(-c2nn(PI)c3ccc(OCc4c(Cl)cncc4Cl)cc23)ccc1C(=O)OC. The van der Waals surface area contributed by atoms with Gasteiger partial charge in [-0.15, -0.1) is 0 Å². The summed E-state index contributed by atoms with van der Waals surface area (Å²) in [6, 6.07) is 11.3. The first-order chi connectivity index (χ1) is 16.0. The molecule has 0 saturated heterocycles. The molecule has 2 aromatic heterocycles. The number of aromatic nitrogens is 3. The molecule has 1 atom stereocenters. The highest BCUT2D eigenvalue weighted by molar-refractivity contribution is 14.2. The predicted octanol–water partition coefficient (Wildman–Crippen LogP) is 6.60. The van der Waals surface area contributed by atoms with Crippen molar-refractivity contribution in [1.82, 2.24) is 14.5 Å². The molecule has 4 aromatic rings. The number of hydrogen-bond donors (Lipinski definition) is 1. The van der Waals surface area contributed by atoms with Crippen LogP contribution in [0.15, 0.2) is 48.8 Å². The molecule has 0 bridgehead atoms. The minimum absolute atomic E-state index is 0.209. The van der Waals surface area contributed by atoms with Gasteiger partial charge in [-0.05, 0) is 52.4 Å². The lowest BCUT2D eigenvalue weighted by atomic mass is 10.0. The van der Waals surface area contributed by atoms with E-state index in [-0.39, 0.29) is 6.61 Å². The molecule has 0 amide bonds. The number of hydrogen-bond acceptors (Lipinski definition) is 6. The molecular formula is C22H18Cl2IN4O3P. The number of pyridine rings is 1. The van der Waals surface area contributed by atoms with Crippen molar-refractivity contribution in [2.75, 3.05) is 19.5 Å². The molecule has 1 N–H and O–H groups in total. The highest BCUT2D eigenvalue weighted by Gasteiger charge is 2.17. The summed E-state index contributed by atoms with van der Waals surface area (Å²) in [5, 5.41) is 9.70. The van der Waals surface area contributed by atoms with Gasteiger partial charge in [0, 0.05) is 41.6 Å². The third kappa shape index (κ3) is 4.89. The summed E-state index contributed by atoms with van der Waals surface area (Å²) in [5.74, 6) is 0.253. The van der Waals surface area contributed by atoms with Gasteiger partial charge in [0.25, 0.3) is 0 Å². The van der Waals surface area contributed by atoms with Gasteiger partial charge < -0.3 is 14.8 Å². The van der Waals surface area contributed by atoms with Gasteiger partial charge >= 0.3 is 5.97 Å². The van der Waals surface area contributed by atoms with Crippen molar-refractivity contribution < 1.29 is 14.3 Å². The van der Waals surface area contributed by atoms with E-state index in [1.54, 1.807) is 13.1 Å². The molecule has 170 valence electrons. The standard InChI is InChI=1S/C22H18Cl2IN4O3P/c1-26-19-7-12(3-5-14(19)22(30)31-2)21-15-8-13(4-6-20(15)29(28-21)33-25)32-11-16-17(23)9-27-10-18(16)24/h3-10,26,33H,11H2,1-2H3. The maximum atomic E-state index is 12.1. The van der Waals surface area contributed by atoms with Gasteiger partial charge in [-0.2, -0.15) is 5.10 Å². The first-order valence-electron chi connectivity index (χ1n) is 9.67. The largest absolute Gasteiger partial charge is 0.489 e. The minimum atomic E-state index is -0.404. The van der Waals surface area contributed by atoms with E-state index in [0.29, 0.717) is 39.0 Å². The van der Waals surface area contributed by atoms with E-state index in [0.717, 1.165) is 22.2 Å². The Bertz CT molecular complexity index is 1330. The molecule has 33 heavy (non-hydrogen) atoms. The van der Waals surface area contributed by atoms with Crippen LogP contribution < -0.4 is 10.1 Å². The van der Waals surface area contributed by atoms with Crippen LogP contribution in [-0.4, -0.2) is 34.7 Å². The number of anilines is 1. The van der Waals surface area contributed by atoms with Crippen LogP contribution in [0.25, 0.3) is 22.2 Å². The van der Waals surface area contributed by atoms with Crippen molar-refractivity contribution in [3.8, 4) is 17.0 Å². The zero-order chi connectivity index (χ0) is 23.5. The average Bonchev–Trinajstić information content (AvgIpc) is 3.20. The van der Waals surface area contributed by atoms with E-state index in [2.05, 4.69) is 32.3 Å². The van der Waals surface area contributed by atoms with Crippen LogP contribution in [0, 0.1) is 0 Å². The fraction of sp³-hybridized carbons (Fsp3) is 0.136. The molecule has 0 saturated carbocycles. The van der Waals surface area contributed by atoms with Crippen LogP contribution in [0.5, 0.6) is 5.75 Å². The number of rotatable bonds is 7. The Hall–Kier alpha value is -2.13. The van der Waals surface area contributed by atoms with E-state index in [4.69, 9.17) is 37.8 Å². The summed E-state index contributed by atoms with van der Waals surface area (Å²) >= 11 is 14.7. The van der Waals surface area contributed by atoms with E-state index in [9.17, 15) is 4.79 Å².